The van der Waals surface area contributed by atoms with E-state index >= 15 is 0 Å². The molecule has 1 heterocycles. The van der Waals surface area contributed by atoms with Gasteiger partial charge in [0.15, 0.2) is 6.29 Å². The average molecular weight is 853 g/mol. The van der Waals surface area contributed by atoms with Gasteiger partial charge in [-0.1, -0.05) is 186 Å². The SMILES string of the molecule is CCCCCCCC/C=C\CCCCCCCCCCCC(=O)OC(COCCCCCCCCCC/C=C\CCCCCCCC)COC1OC(CO)C(O)C(O)C1O. The highest BCUT2D eigenvalue weighted by Crippen LogP contribution is 2.23. The average Bonchev–Trinajstić information content (AvgIpc) is 3.25. The van der Waals surface area contributed by atoms with Crippen molar-refractivity contribution in [3.8, 4) is 0 Å². The molecule has 0 saturated carbocycles. The van der Waals surface area contributed by atoms with Crippen molar-refractivity contribution in [2.24, 2.45) is 0 Å². The smallest absolute Gasteiger partial charge is 0.306 e. The van der Waals surface area contributed by atoms with Crippen molar-refractivity contribution in [3.63, 3.8) is 0 Å². The summed E-state index contributed by atoms with van der Waals surface area (Å²) in [6.07, 6.45) is 43.5. The Hall–Kier alpha value is -1.33. The molecule has 0 bridgehead atoms. The molecule has 0 amide bonds. The van der Waals surface area contributed by atoms with Crippen molar-refractivity contribution in [1.82, 2.24) is 0 Å². The van der Waals surface area contributed by atoms with Crippen LogP contribution in [0.1, 0.15) is 232 Å². The summed E-state index contributed by atoms with van der Waals surface area (Å²) in [5.41, 5.74) is 0. The van der Waals surface area contributed by atoms with Crippen LogP contribution in [0.25, 0.3) is 0 Å². The van der Waals surface area contributed by atoms with Gasteiger partial charge in [-0.15, -0.1) is 0 Å². The summed E-state index contributed by atoms with van der Waals surface area (Å²) < 4.78 is 22.9. The first-order chi connectivity index (χ1) is 29.4. The van der Waals surface area contributed by atoms with Crippen LogP contribution < -0.4 is 0 Å². The molecule has 1 fully saturated rings. The molecule has 1 rings (SSSR count). The Labute approximate surface area is 368 Å². The zero-order valence-electron chi connectivity index (χ0n) is 39.0. The topological polar surface area (TPSA) is 135 Å². The van der Waals surface area contributed by atoms with Gasteiger partial charge in [0.2, 0.25) is 0 Å². The second-order valence-electron chi connectivity index (χ2n) is 17.6. The Kier molecular flexibility index (Phi) is 40.6. The molecular weight excluding hydrogens is 757 g/mol. The Morgan fingerprint density at radius 3 is 1.35 bits per heavy atom. The molecule has 0 aromatic rings. The molecule has 1 saturated heterocycles. The van der Waals surface area contributed by atoms with Crippen LogP contribution in [0.3, 0.4) is 0 Å². The highest BCUT2D eigenvalue weighted by molar-refractivity contribution is 5.69. The van der Waals surface area contributed by atoms with Gasteiger partial charge in [-0.2, -0.15) is 0 Å². The maximum absolute atomic E-state index is 12.8. The van der Waals surface area contributed by atoms with Crippen molar-refractivity contribution >= 4 is 5.97 Å². The van der Waals surface area contributed by atoms with Gasteiger partial charge in [0.25, 0.3) is 0 Å². The Morgan fingerprint density at radius 2 is 0.917 bits per heavy atom. The minimum absolute atomic E-state index is 0.112. The Morgan fingerprint density at radius 1 is 0.517 bits per heavy atom. The molecule has 6 atom stereocenters. The fourth-order valence-corrected chi connectivity index (χ4v) is 7.84. The molecule has 4 N–H and O–H groups in total. The normalized spacial score (nSPS) is 20.1. The first-order valence-electron chi connectivity index (χ1n) is 25.4. The fourth-order valence-electron chi connectivity index (χ4n) is 7.84. The van der Waals surface area contributed by atoms with Crippen LogP contribution in [0, 0.1) is 0 Å². The van der Waals surface area contributed by atoms with Gasteiger partial charge in [0.05, 0.1) is 19.8 Å². The highest BCUT2D eigenvalue weighted by Gasteiger charge is 2.44. The number of carbonyl (C=O) groups excluding carboxylic acids is 1. The second kappa shape index (κ2) is 42.9. The second-order valence-corrected chi connectivity index (χ2v) is 17.6. The molecule has 9 heteroatoms. The zero-order chi connectivity index (χ0) is 43.6. The highest BCUT2D eigenvalue weighted by atomic mass is 16.7. The molecule has 60 heavy (non-hydrogen) atoms. The quantitative estimate of drug-likeness (QED) is 0.0268. The number of hydrogen-bond acceptors (Lipinski definition) is 9. The molecule has 9 nitrogen and oxygen atoms in total. The summed E-state index contributed by atoms with van der Waals surface area (Å²) in [5.74, 6) is -0.314. The zero-order valence-corrected chi connectivity index (χ0v) is 39.0. The lowest BCUT2D eigenvalue weighted by atomic mass is 9.99. The third-order valence-electron chi connectivity index (χ3n) is 11.8. The van der Waals surface area contributed by atoms with Crippen LogP contribution >= 0.6 is 0 Å². The largest absolute Gasteiger partial charge is 0.457 e. The van der Waals surface area contributed by atoms with E-state index < -0.39 is 43.4 Å². The monoisotopic (exact) mass is 853 g/mol. The van der Waals surface area contributed by atoms with Gasteiger partial charge < -0.3 is 39.4 Å². The van der Waals surface area contributed by atoms with Gasteiger partial charge in [-0.25, -0.2) is 0 Å². The minimum Gasteiger partial charge on any atom is -0.457 e. The Bertz CT molecular complexity index is 972. The van der Waals surface area contributed by atoms with Crippen LogP contribution in [0.2, 0.25) is 0 Å². The van der Waals surface area contributed by atoms with Gasteiger partial charge in [0, 0.05) is 13.0 Å². The lowest BCUT2D eigenvalue weighted by Crippen LogP contribution is -2.59. The van der Waals surface area contributed by atoms with E-state index in [1.165, 1.54) is 180 Å². The molecular formula is C51H96O9. The number of hydrogen-bond donors (Lipinski definition) is 4. The third-order valence-corrected chi connectivity index (χ3v) is 11.8. The van der Waals surface area contributed by atoms with Gasteiger partial charge in [-0.3, -0.25) is 4.79 Å². The fraction of sp³-hybridized carbons (Fsp3) is 0.902. The minimum atomic E-state index is -1.54. The van der Waals surface area contributed by atoms with Crippen LogP contribution in [-0.4, -0.2) is 89.6 Å². The lowest BCUT2D eigenvalue weighted by molar-refractivity contribution is -0.305. The van der Waals surface area contributed by atoms with Crippen molar-refractivity contribution in [1.29, 1.82) is 0 Å². The molecule has 354 valence electrons. The number of allylic oxidation sites excluding steroid dienone is 4. The first-order valence-corrected chi connectivity index (χ1v) is 25.4. The van der Waals surface area contributed by atoms with Gasteiger partial charge in [-0.05, 0) is 64.2 Å². The number of aliphatic hydroxyl groups is 4. The van der Waals surface area contributed by atoms with E-state index in [0.29, 0.717) is 13.0 Å². The summed E-state index contributed by atoms with van der Waals surface area (Å²) in [6.45, 7) is 4.58. The summed E-state index contributed by atoms with van der Waals surface area (Å²) in [6, 6.07) is 0. The molecule has 0 spiro atoms. The molecule has 0 radical (unpaired) electrons. The molecule has 0 aliphatic carbocycles. The number of unbranched alkanes of at least 4 members (excludes halogenated alkanes) is 29. The van der Waals surface area contributed by atoms with E-state index in [1.807, 2.05) is 0 Å². The number of aliphatic hydroxyl groups excluding tert-OH is 4. The lowest BCUT2D eigenvalue weighted by Gasteiger charge is -2.39. The number of carbonyl (C=O) groups is 1. The summed E-state index contributed by atoms with van der Waals surface area (Å²) in [4.78, 5) is 12.8. The van der Waals surface area contributed by atoms with Crippen LogP contribution in [-0.2, 0) is 23.7 Å². The van der Waals surface area contributed by atoms with E-state index in [9.17, 15) is 25.2 Å². The van der Waals surface area contributed by atoms with Crippen molar-refractivity contribution < 1.29 is 44.2 Å². The van der Waals surface area contributed by atoms with Crippen LogP contribution in [0.4, 0.5) is 0 Å². The van der Waals surface area contributed by atoms with E-state index in [4.69, 9.17) is 18.9 Å². The predicted molar refractivity (Wildman–Crippen MR) is 247 cm³/mol. The first kappa shape index (κ1) is 56.7. The molecule has 1 aliphatic rings. The van der Waals surface area contributed by atoms with Gasteiger partial charge in [0.1, 0.15) is 30.5 Å². The number of esters is 1. The molecule has 0 aromatic carbocycles. The number of rotatable bonds is 44. The third kappa shape index (κ3) is 33.3. The summed E-state index contributed by atoms with van der Waals surface area (Å²) in [7, 11) is 0. The number of ether oxygens (including phenoxy) is 4. The van der Waals surface area contributed by atoms with Crippen molar-refractivity contribution in [3.05, 3.63) is 24.3 Å². The van der Waals surface area contributed by atoms with Crippen molar-refractivity contribution in [2.75, 3.05) is 26.4 Å². The van der Waals surface area contributed by atoms with E-state index in [1.54, 1.807) is 0 Å². The summed E-state index contributed by atoms with van der Waals surface area (Å²) >= 11 is 0. The predicted octanol–water partition coefficient (Wildman–Crippen LogP) is 12.1. The standard InChI is InChI=1S/C51H96O9/c1-3-5-7-9-11-13-15-17-19-21-23-24-26-28-30-32-34-36-38-40-47(53)59-45(44-58-51-50(56)49(55)48(54)46(42-52)60-51)43-57-41-39-37-35-33-31-29-27-25-22-20-18-16-14-12-10-8-6-4-2/h17-20,45-46,48-52,54-56H,3-16,21-44H2,1-2H3/b19-17-,20-18-. The van der Waals surface area contributed by atoms with Crippen LogP contribution in [0.15, 0.2) is 24.3 Å². The molecule has 6 unspecified atom stereocenters. The van der Waals surface area contributed by atoms with Gasteiger partial charge >= 0.3 is 5.97 Å². The summed E-state index contributed by atoms with van der Waals surface area (Å²) in [5, 5.41) is 40.2. The Balaban J connectivity index is 2.21. The van der Waals surface area contributed by atoms with Crippen LogP contribution in [0.5, 0.6) is 0 Å². The molecule has 1 aliphatic heterocycles. The maximum Gasteiger partial charge on any atom is 0.306 e. The maximum atomic E-state index is 12.8. The van der Waals surface area contributed by atoms with E-state index in [2.05, 4.69) is 38.2 Å². The van der Waals surface area contributed by atoms with E-state index in [-0.39, 0.29) is 19.2 Å². The molecule has 0 aromatic heterocycles. The van der Waals surface area contributed by atoms with Crippen molar-refractivity contribution in [2.45, 2.75) is 269 Å². The van der Waals surface area contributed by atoms with E-state index in [0.717, 1.165) is 32.1 Å².